The monoisotopic (exact) mass is 574 g/mol. The third-order valence-corrected chi connectivity index (χ3v) is 6.30. The van der Waals surface area contributed by atoms with E-state index in [-0.39, 0.29) is 0 Å². The number of halogens is 2. The van der Waals surface area contributed by atoms with Crippen molar-refractivity contribution in [3.8, 4) is 0 Å². The number of hydrogen-bond donors (Lipinski definition) is 0. The molecular weight excluding hydrogens is 514 g/mol. The minimum absolute atomic E-state index is 0.792. The first-order valence-electron chi connectivity index (χ1n) is 14.7. The minimum atomic E-state index is -2.50. The van der Waals surface area contributed by atoms with Crippen molar-refractivity contribution >= 4 is 13.6 Å². The van der Waals surface area contributed by atoms with E-state index in [0.717, 1.165) is 43.9 Å². The zero-order valence-corrected chi connectivity index (χ0v) is 28.2. The van der Waals surface area contributed by atoms with Crippen LogP contribution in [-0.4, -0.2) is 19.5 Å². The molecule has 2 nitrogen and oxygen atoms in total. The lowest BCUT2D eigenvalue weighted by Gasteiger charge is -2.24. The molecule has 0 N–H and O–H groups in total. The predicted molar refractivity (Wildman–Crippen MR) is 178 cm³/mol. The molecule has 0 bridgehead atoms. The predicted octanol–water partition coefficient (Wildman–Crippen LogP) is 11.2. The van der Waals surface area contributed by atoms with Crippen LogP contribution in [0.15, 0.2) is 72.8 Å². The highest BCUT2D eigenvalue weighted by Gasteiger charge is 2.41. The molecule has 0 aromatic heterocycles. The second-order valence-electron chi connectivity index (χ2n) is 9.94. The highest BCUT2D eigenvalue weighted by atomic mass is 19.3. The SMILES string of the molecule is C=C(C)C1CC2C=CC2C1C.C=O.C=O.CC.CC.CC(C)(F)F.CCc1ccc(C)cc1C.Cc1ccccc1. The number of alkyl halides is 2. The molecule has 0 aliphatic heterocycles. The molecule has 2 aliphatic carbocycles. The largest absolute Gasteiger partial charge is 0.307 e. The van der Waals surface area contributed by atoms with Gasteiger partial charge < -0.3 is 9.59 Å². The van der Waals surface area contributed by atoms with Crippen molar-refractivity contribution in [2.24, 2.45) is 23.7 Å². The Morgan fingerprint density at radius 3 is 1.56 bits per heavy atom. The molecule has 4 heteroatoms. The number of hydrogen-bond acceptors (Lipinski definition) is 2. The first kappa shape index (κ1) is 45.1. The molecule has 2 aliphatic rings. The molecule has 2 aromatic carbocycles. The lowest BCUT2D eigenvalue weighted by Crippen LogP contribution is -2.17. The van der Waals surface area contributed by atoms with Gasteiger partial charge in [-0.05, 0) is 89.2 Å². The van der Waals surface area contributed by atoms with E-state index >= 15 is 0 Å². The van der Waals surface area contributed by atoms with Crippen molar-refractivity contribution in [3.05, 3.63) is 95.1 Å². The van der Waals surface area contributed by atoms with Crippen LogP contribution in [0.4, 0.5) is 8.78 Å². The Morgan fingerprint density at radius 2 is 1.32 bits per heavy atom. The van der Waals surface area contributed by atoms with E-state index in [1.807, 2.05) is 59.5 Å². The number of carbonyl (C=O) groups is 2. The van der Waals surface area contributed by atoms with Crippen molar-refractivity contribution in [1.82, 2.24) is 0 Å². The van der Waals surface area contributed by atoms with Gasteiger partial charge in [0.1, 0.15) is 13.6 Å². The lowest BCUT2D eigenvalue weighted by molar-refractivity contribution is -0.0987. The zero-order valence-electron chi connectivity index (χ0n) is 28.2. The number of fused-ring (bicyclic) bond motifs is 1. The van der Waals surface area contributed by atoms with E-state index in [4.69, 9.17) is 9.59 Å². The minimum Gasteiger partial charge on any atom is -0.307 e. The van der Waals surface area contributed by atoms with Gasteiger partial charge in [0.25, 0.3) is 0 Å². The van der Waals surface area contributed by atoms with Gasteiger partial charge in [-0.25, -0.2) is 8.78 Å². The Labute approximate surface area is 252 Å². The number of aryl methyl sites for hydroxylation is 4. The van der Waals surface area contributed by atoms with Crippen LogP contribution in [0.25, 0.3) is 0 Å². The molecule has 0 amide bonds. The maximum absolute atomic E-state index is 11.0. The second-order valence-corrected chi connectivity index (χ2v) is 9.94. The smallest absolute Gasteiger partial charge is 0.242 e. The van der Waals surface area contributed by atoms with Gasteiger partial charge in [0.15, 0.2) is 0 Å². The molecule has 4 rings (SSSR count). The standard InChI is InChI=1S/C11H16.C10H14.C7H8.C3H6F2.2C2H6.2CH2O/c1-7(2)11-6-9-4-5-10(9)8(11)3;1-4-10-6-5-8(2)7-9(10)3;1-7-5-3-2-4-6-7;1-3(2,4)5;4*1-2/h4-5,8-11H,1,6H2,2-3H3;5-7H,4H2,1-3H3;2-6H,1H3;1-2H3;2*1-2H3;2*1H2. The van der Waals surface area contributed by atoms with Gasteiger partial charge >= 0.3 is 0 Å². The molecule has 4 atom stereocenters. The number of carbonyl (C=O) groups excluding carboxylic acids is 2. The summed E-state index contributed by atoms with van der Waals surface area (Å²) in [6, 6.07) is 16.9. The third kappa shape index (κ3) is 22.5. The highest BCUT2D eigenvalue weighted by Crippen LogP contribution is 2.50. The molecule has 0 heterocycles. The molecule has 41 heavy (non-hydrogen) atoms. The number of benzene rings is 2. The van der Waals surface area contributed by atoms with Crippen molar-refractivity contribution in [2.45, 2.75) is 102 Å². The Bertz CT molecular complexity index is 908. The molecule has 0 radical (unpaired) electrons. The Kier molecular flexibility index (Phi) is 30.0. The highest BCUT2D eigenvalue weighted by molar-refractivity contribution is 5.30. The van der Waals surface area contributed by atoms with Crippen LogP contribution in [0.1, 0.15) is 91.0 Å². The molecule has 0 saturated heterocycles. The van der Waals surface area contributed by atoms with Gasteiger partial charge in [0.2, 0.25) is 5.92 Å². The summed E-state index contributed by atoms with van der Waals surface area (Å²) in [6.07, 6.45) is 7.24. The summed E-state index contributed by atoms with van der Waals surface area (Å²) in [5, 5.41) is 0. The van der Waals surface area contributed by atoms with Gasteiger partial charge in [0, 0.05) is 0 Å². The van der Waals surface area contributed by atoms with Crippen LogP contribution in [0.5, 0.6) is 0 Å². The summed E-state index contributed by atoms with van der Waals surface area (Å²) in [5.41, 5.74) is 6.94. The average molecular weight is 575 g/mol. The molecule has 4 unspecified atom stereocenters. The van der Waals surface area contributed by atoms with E-state index < -0.39 is 5.92 Å². The molecule has 2 aromatic rings. The third-order valence-electron chi connectivity index (χ3n) is 6.30. The normalized spacial score (nSPS) is 18.4. The summed E-state index contributed by atoms with van der Waals surface area (Å²) in [5.74, 6) is 0.922. The zero-order chi connectivity index (χ0) is 33.2. The summed E-state index contributed by atoms with van der Waals surface area (Å²) in [6.45, 7) is 30.9. The van der Waals surface area contributed by atoms with E-state index in [9.17, 15) is 8.78 Å². The van der Waals surface area contributed by atoms with Crippen LogP contribution >= 0.6 is 0 Å². The van der Waals surface area contributed by atoms with Gasteiger partial charge in [-0.15, -0.1) is 0 Å². The van der Waals surface area contributed by atoms with Crippen molar-refractivity contribution in [3.63, 3.8) is 0 Å². The summed E-state index contributed by atoms with van der Waals surface area (Å²) < 4.78 is 22.0. The van der Waals surface area contributed by atoms with Crippen LogP contribution in [0.3, 0.4) is 0 Å². The van der Waals surface area contributed by atoms with Crippen LogP contribution in [-0.2, 0) is 16.0 Å². The van der Waals surface area contributed by atoms with E-state index in [2.05, 4.69) is 90.6 Å². The van der Waals surface area contributed by atoms with Crippen LogP contribution in [0, 0.1) is 44.4 Å². The summed E-state index contributed by atoms with van der Waals surface area (Å²) in [7, 11) is 0. The Balaban J connectivity index is -0.000000211. The van der Waals surface area contributed by atoms with E-state index in [1.54, 1.807) is 0 Å². The maximum Gasteiger partial charge on any atom is 0.242 e. The topological polar surface area (TPSA) is 34.1 Å². The van der Waals surface area contributed by atoms with Gasteiger partial charge in [0.05, 0.1) is 0 Å². The summed E-state index contributed by atoms with van der Waals surface area (Å²) in [4.78, 5) is 16.0. The number of allylic oxidation sites excluding steroid dienone is 3. The van der Waals surface area contributed by atoms with Gasteiger partial charge in [-0.2, -0.15) is 0 Å². The first-order chi connectivity index (χ1) is 19.3. The van der Waals surface area contributed by atoms with Crippen LogP contribution in [0.2, 0.25) is 0 Å². The average Bonchev–Trinajstić information content (AvgIpc) is 3.16. The van der Waals surface area contributed by atoms with Crippen molar-refractivity contribution in [1.29, 1.82) is 0 Å². The van der Waals surface area contributed by atoms with Crippen molar-refractivity contribution in [2.75, 3.05) is 0 Å². The molecule has 1 saturated carbocycles. The van der Waals surface area contributed by atoms with E-state index in [1.165, 1.54) is 34.2 Å². The Hall–Kier alpha value is -2.88. The molecular formula is C37H60F2O2. The molecule has 234 valence electrons. The lowest BCUT2D eigenvalue weighted by atomic mass is 9.80. The molecule has 0 spiro atoms. The Morgan fingerprint density at radius 1 is 0.854 bits per heavy atom. The fourth-order valence-electron chi connectivity index (χ4n) is 4.40. The van der Waals surface area contributed by atoms with Gasteiger partial charge in [-0.3, -0.25) is 0 Å². The van der Waals surface area contributed by atoms with Gasteiger partial charge in [-0.1, -0.05) is 126 Å². The molecule has 1 fully saturated rings. The fourth-order valence-corrected chi connectivity index (χ4v) is 4.40. The van der Waals surface area contributed by atoms with Crippen molar-refractivity contribution < 1.29 is 18.4 Å². The second kappa shape index (κ2) is 27.3. The van der Waals surface area contributed by atoms with Crippen LogP contribution < -0.4 is 0 Å². The summed E-state index contributed by atoms with van der Waals surface area (Å²) >= 11 is 0. The fraction of sp³-hybridized carbons (Fsp3) is 0.514. The first-order valence-corrected chi connectivity index (χ1v) is 14.7. The maximum atomic E-state index is 11.0. The quantitative estimate of drug-likeness (QED) is 0.334. The van der Waals surface area contributed by atoms with E-state index in [0.29, 0.717) is 0 Å². The number of rotatable bonds is 2.